The van der Waals surface area contributed by atoms with E-state index in [0.717, 1.165) is 34.0 Å². The number of aldehydes is 1. The first-order valence-electron chi connectivity index (χ1n) is 7.69. The summed E-state index contributed by atoms with van der Waals surface area (Å²) in [6.45, 7) is 6.87. The fourth-order valence-corrected chi connectivity index (χ4v) is 3.54. The van der Waals surface area contributed by atoms with Crippen LogP contribution in [0.15, 0.2) is 24.3 Å². The molecule has 0 bridgehead atoms. The maximum Gasteiger partial charge on any atom is 0.213 e. The van der Waals surface area contributed by atoms with Crippen LogP contribution >= 0.6 is 11.3 Å². The molecule has 0 aliphatic heterocycles. The second kappa shape index (κ2) is 6.50. The molecule has 0 spiro atoms. The van der Waals surface area contributed by atoms with Gasteiger partial charge < -0.3 is 4.74 Å². The van der Waals surface area contributed by atoms with E-state index in [1.54, 1.807) is 4.52 Å². The number of carbonyl (C=O) groups excluding carboxylic acids is 1. The number of aromatic nitrogens is 3. The van der Waals surface area contributed by atoms with Gasteiger partial charge in [0.1, 0.15) is 22.1 Å². The average molecular weight is 329 g/mol. The molecule has 0 unspecified atom stereocenters. The summed E-state index contributed by atoms with van der Waals surface area (Å²) in [5.74, 6) is 1.33. The van der Waals surface area contributed by atoms with Gasteiger partial charge in [-0.1, -0.05) is 25.2 Å². The zero-order chi connectivity index (χ0) is 16.4. The van der Waals surface area contributed by atoms with E-state index in [-0.39, 0.29) is 0 Å². The number of hydrogen-bond donors (Lipinski definition) is 0. The van der Waals surface area contributed by atoms with Gasteiger partial charge in [-0.2, -0.15) is 9.61 Å². The fourth-order valence-electron chi connectivity index (χ4n) is 2.43. The molecule has 5 nitrogen and oxygen atoms in total. The van der Waals surface area contributed by atoms with Crippen molar-refractivity contribution in [1.29, 1.82) is 0 Å². The highest BCUT2D eigenvalue weighted by molar-refractivity contribution is 7.16. The zero-order valence-electron chi connectivity index (χ0n) is 13.4. The van der Waals surface area contributed by atoms with Gasteiger partial charge in [0.05, 0.1) is 6.61 Å². The van der Waals surface area contributed by atoms with Crippen molar-refractivity contribution in [3.63, 3.8) is 0 Å². The maximum absolute atomic E-state index is 11.6. The van der Waals surface area contributed by atoms with Crippen LogP contribution in [0.4, 0.5) is 0 Å². The van der Waals surface area contributed by atoms with Crippen LogP contribution in [0.25, 0.3) is 16.2 Å². The second-order valence-electron chi connectivity index (χ2n) is 5.71. The molecule has 2 aromatic heterocycles. The van der Waals surface area contributed by atoms with Crippen molar-refractivity contribution in [1.82, 2.24) is 14.6 Å². The number of nitrogens with zero attached hydrogens (tertiary/aromatic N) is 3. The minimum atomic E-state index is 0.496. The van der Waals surface area contributed by atoms with Gasteiger partial charge in [0.25, 0.3) is 0 Å². The van der Waals surface area contributed by atoms with E-state index in [2.05, 4.69) is 23.9 Å². The molecule has 0 atom stereocenters. The summed E-state index contributed by atoms with van der Waals surface area (Å²) in [5.41, 5.74) is 2.05. The van der Waals surface area contributed by atoms with Gasteiger partial charge in [-0.05, 0) is 37.1 Å². The summed E-state index contributed by atoms with van der Waals surface area (Å²) in [6, 6.07) is 7.61. The van der Waals surface area contributed by atoms with Gasteiger partial charge in [0, 0.05) is 12.0 Å². The van der Waals surface area contributed by atoms with Crippen molar-refractivity contribution in [2.24, 2.45) is 5.92 Å². The molecule has 3 rings (SSSR count). The molecule has 23 heavy (non-hydrogen) atoms. The Kier molecular flexibility index (Phi) is 4.43. The SMILES string of the molecule is CCOc1ccc(-c2nc3sc(CC(C)C)nn3c2C=O)cc1. The van der Waals surface area contributed by atoms with Crippen LogP contribution in [-0.2, 0) is 6.42 Å². The van der Waals surface area contributed by atoms with Gasteiger partial charge in [-0.3, -0.25) is 4.79 Å². The molecule has 0 saturated heterocycles. The van der Waals surface area contributed by atoms with Crippen molar-refractivity contribution in [2.75, 3.05) is 6.61 Å². The van der Waals surface area contributed by atoms with Crippen molar-refractivity contribution in [2.45, 2.75) is 27.2 Å². The average Bonchev–Trinajstić information content (AvgIpc) is 3.04. The lowest BCUT2D eigenvalue weighted by atomic mass is 10.1. The number of carbonyl (C=O) groups is 1. The number of hydrogen-bond acceptors (Lipinski definition) is 5. The molecule has 1 aromatic carbocycles. The van der Waals surface area contributed by atoms with E-state index in [1.807, 2.05) is 31.2 Å². The molecule has 0 radical (unpaired) electrons. The Balaban J connectivity index is 2.00. The standard InChI is InChI=1S/C17H19N3O2S/c1-4-22-13-7-5-12(6-8-13)16-14(10-21)20-17(18-16)23-15(19-20)9-11(2)3/h5-8,10-11H,4,9H2,1-3H3. The predicted molar refractivity (Wildman–Crippen MR) is 91.4 cm³/mol. The van der Waals surface area contributed by atoms with E-state index in [9.17, 15) is 4.79 Å². The van der Waals surface area contributed by atoms with Crippen molar-refractivity contribution in [3.05, 3.63) is 35.0 Å². The summed E-state index contributed by atoms with van der Waals surface area (Å²) >= 11 is 1.54. The van der Waals surface area contributed by atoms with Crippen molar-refractivity contribution in [3.8, 4) is 17.0 Å². The quantitative estimate of drug-likeness (QED) is 0.644. The molecule has 0 fully saturated rings. The normalized spacial score (nSPS) is 11.3. The molecule has 0 aliphatic rings. The molecule has 0 saturated carbocycles. The Morgan fingerprint density at radius 1 is 1.30 bits per heavy atom. The van der Waals surface area contributed by atoms with Crippen LogP contribution in [0.1, 0.15) is 36.3 Å². The Morgan fingerprint density at radius 3 is 2.65 bits per heavy atom. The lowest BCUT2D eigenvalue weighted by molar-refractivity contribution is 0.111. The lowest BCUT2D eigenvalue weighted by Crippen LogP contribution is -1.98. The molecular weight excluding hydrogens is 310 g/mol. The Bertz CT molecular complexity index is 818. The lowest BCUT2D eigenvalue weighted by Gasteiger charge is -2.04. The first-order chi connectivity index (χ1) is 11.1. The number of imidazole rings is 1. The van der Waals surface area contributed by atoms with Crippen molar-refractivity contribution < 1.29 is 9.53 Å². The number of benzene rings is 1. The van der Waals surface area contributed by atoms with Crippen LogP contribution in [0.5, 0.6) is 5.75 Å². The second-order valence-corrected chi connectivity index (χ2v) is 6.75. The predicted octanol–water partition coefficient (Wildman–Crippen LogP) is 3.87. The topological polar surface area (TPSA) is 56.5 Å². The maximum atomic E-state index is 11.6. The molecule has 6 heteroatoms. The monoisotopic (exact) mass is 329 g/mol. The van der Waals surface area contributed by atoms with Gasteiger partial charge >= 0.3 is 0 Å². The molecule has 0 amide bonds. The van der Waals surface area contributed by atoms with Crippen LogP contribution in [0.2, 0.25) is 0 Å². The molecule has 2 heterocycles. The van der Waals surface area contributed by atoms with E-state index in [4.69, 9.17) is 4.74 Å². The number of fused-ring (bicyclic) bond motifs is 1. The summed E-state index contributed by atoms with van der Waals surface area (Å²) < 4.78 is 7.10. The summed E-state index contributed by atoms with van der Waals surface area (Å²) in [6.07, 6.45) is 1.72. The third kappa shape index (κ3) is 3.12. The zero-order valence-corrected chi connectivity index (χ0v) is 14.3. The highest BCUT2D eigenvalue weighted by Crippen LogP contribution is 2.28. The third-order valence-corrected chi connectivity index (χ3v) is 4.34. The minimum absolute atomic E-state index is 0.496. The van der Waals surface area contributed by atoms with Gasteiger partial charge in [0.15, 0.2) is 6.29 Å². The molecule has 120 valence electrons. The van der Waals surface area contributed by atoms with Crippen LogP contribution in [0.3, 0.4) is 0 Å². The third-order valence-electron chi connectivity index (χ3n) is 3.41. The van der Waals surface area contributed by atoms with Crippen LogP contribution in [-0.4, -0.2) is 27.5 Å². The van der Waals surface area contributed by atoms with E-state index in [0.29, 0.717) is 23.9 Å². The highest BCUT2D eigenvalue weighted by atomic mass is 32.1. The van der Waals surface area contributed by atoms with Crippen LogP contribution < -0.4 is 4.74 Å². The first kappa shape index (κ1) is 15.7. The largest absolute Gasteiger partial charge is 0.494 e. The summed E-state index contributed by atoms with van der Waals surface area (Å²) in [5, 5.41) is 5.54. The summed E-state index contributed by atoms with van der Waals surface area (Å²) in [7, 11) is 0. The molecule has 3 aromatic rings. The fraction of sp³-hybridized carbons (Fsp3) is 0.353. The number of rotatable bonds is 6. The molecule has 0 N–H and O–H groups in total. The molecular formula is C17H19N3O2S. The van der Waals surface area contributed by atoms with Gasteiger partial charge in [-0.25, -0.2) is 4.98 Å². The van der Waals surface area contributed by atoms with Crippen LogP contribution in [0, 0.1) is 5.92 Å². The summed E-state index contributed by atoms with van der Waals surface area (Å²) in [4.78, 5) is 16.9. The van der Waals surface area contributed by atoms with E-state index in [1.165, 1.54) is 11.3 Å². The Labute approximate surface area is 138 Å². The van der Waals surface area contributed by atoms with E-state index >= 15 is 0 Å². The van der Waals surface area contributed by atoms with Gasteiger partial charge in [0.2, 0.25) is 4.96 Å². The highest BCUT2D eigenvalue weighted by Gasteiger charge is 2.17. The number of ether oxygens (including phenoxy) is 1. The molecule has 0 aliphatic carbocycles. The van der Waals surface area contributed by atoms with E-state index < -0.39 is 0 Å². The smallest absolute Gasteiger partial charge is 0.213 e. The van der Waals surface area contributed by atoms with Crippen molar-refractivity contribution >= 4 is 22.6 Å². The first-order valence-corrected chi connectivity index (χ1v) is 8.50. The Hall–Kier alpha value is -2.21. The minimum Gasteiger partial charge on any atom is -0.494 e. The van der Waals surface area contributed by atoms with Gasteiger partial charge in [-0.15, -0.1) is 0 Å². The Morgan fingerprint density at radius 2 is 2.04 bits per heavy atom.